The first kappa shape index (κ1) is 27.5. The zero-order valence-electron chi connectivity index (χ0n) is 21.2. The molecular formula is C24H41N7O5. The lowest BCUT2D eigenvalue weighted by Gasteiger charge is -2.38. The molecule has 3 fully saturated rings. The standard InChI is InChI=1S/C24H41N7O5/c1-29(18-8-5-11-30(14-18)23(25)26)20(32)12-19(22(35)31(15-21(33)34)17-9-10-17)28-24(36)27-13-16-6-3-2-4-7-16/h16-19H,2-15H2,1H3,(H3,25,26)(H,33,34)(H2,27,28,36)/t18-,19-/m0/s1. The van der Waals surface area contributed by atoms with Crippen molar-refractivity contribution >= 4 is 29.8 Å². The molecule has 0 aromatic carbocycles. The maximum absolute atomic E-state index is 13.4. The molecule has 0 unspecified atom stereocenters. The molecule has 0 radical (unpaired) electrons. The predicted octanol–water partition coefficient (Wildman–Crippen LogP) is 0.516. The largest absolute Gasteiger partial charge is 0.480 e. The highest BCUT2D eigenvalue weighted by Crippen LogP contribution is 2.28. The highest BCUT2D eigenvalue weighted by Gasteiger charge is 2.39. The lowest BCUT2D eigenvalue weighted by Crippen LogP contribution is -2.56. The van der Waals surface area contributed by atoms with Crippen LogP contribution in [-0.4, -0.2) is 101 Å². The number of likely N-dealkylation sites (N-methyl/N-ethyl adjacent to an activating group) is 1. The van der Waals surface area contributed by atoms with Crippen LogP contribution in [0.25, 0.3) is 0 Å². The van der Waals surface area contributed by atoms with Crippen molar-refractivity contribution in [3.63, 3.8) is 0 Å². The second-order valence-corrected chi connectivity index (χ2v) is 10.3. The quantitative estimate of drug-likeness (QED) is 0.212. The van der Waals surface area contributed by atoms with E-state index in [1.807, 2.05) is 0 Å². The number of hydrogen-bond acceptors (Lipinski definition) is 5. The van der Waals surface area contributed by atoms with E-state index in [-0.39, 0.29) is 30.4 Å². The number of nitrogens with one attached hydrogen (secondary N) is 3. The highest BCUT2D eigenvalue weighted by atomic mass is 16.4. The number of carboxylic acid groups (broad SMARTS) is 1. The predicted molar refractivity (Wildman–Crippen MR) is 133 cm³/mol. The van der Waals surface area contributed by atoms with Gasteiger partial charge in [0, 0.05) is 38.8 Å². The maximum atomic E-state index is 13.4. The van der Waals surface area contributed by atoms with E-state index in [2.05, 4.69) is 10.6 Å². The molecule has 3 rings (SSSR count). The summed E-state index contributed by atoms with van der Waals surface area (Å²) in [4.78, 5) is 55.2. The van der Waals surface area contributed by atoms with Gasteiger partial charge in [0.2, 0.25) is 11.8 Å². The molecule has 0 aromatic rings. The zero-order valence-corrected chi connectivity index (χ0v) is 21.2. The Morgan fingerprint density at radius 1 is 1.06 bits per heavy atom. The normalized spacial score (nSPS) is 21.2. The number of carbonyl (C=O) groups is 4. The second kappa shape index (κ2) is 12.8. The van der Waals surface area contributed by atoms with Crippen LogP contribution < -0.4 is 16.4 Å². The third kappa shape index (κ3) is 7.99. The van der Waals surface area contributed by atoms with Crippen LogP contribution in [0.4, 0.5) is 4.79 Å². The summed E-state index contributed by atoms with van der Waals surface area (Å²) in [6, 6.07) is -2.05. The van der Waals surface area contributed by atoms with E-state index in [0.717, 1.165) is 38.5 Å². The van der Waals surface area contributed by atoms with Crippen LogP contribution in [0.15, 0.2) is 0 Å². The topological polar surface area (TPSA) is 172 Å². The minimum Gasteiger partial charge on any atom is -0.480 e. The van der Waals surface area contributed by atoms with Crippen molar-refractivity contribution in [2.75, 3.05) is 33.2 Å². The van der Waals surface area contributed by atoms with Gasteiger partial charge in [0.25, 0.3) is 0 Å². The number of aliphatic carboxylic acids is 1. The fourth-order valence-corrected chi connectivity index (χ4v) is 5.17. The maximum Gasteiger partial charge on any atom is 0.323 e. The Labute approximate surface area is 212 Å². The Hall–Kier alpha value is -3.05. The van der Waals surface area contributed by atoms with Crippen molar-refractivity contribution in [1.82, 2.24) is 25.3 Å². The molecular weight excluding hydrogens is 466 g/mol. The molecule has 12 nitrogen and oxygen atoms in total. The molecule has 1 heterocycles. The molecule has 2 atom stereocenters. The number of carboxylic acids is 1. The van der Waals surface area contributed by atoms with Gasteiger partial charge in [-0.3, -0.25) is 19.8 Å². The van der Waals surface area contributed by atoms with Crippen molar-refractivity contribution in [1.29, 1.82) is 5.41 Å². The van der Waals surface area contributed by atoms with Crippen LogP contribution in [0.1, 0.15) is 64.2 Å². The van der Waals surface area contributed by atoms with Gasteiger partial charge in [-0.1, -0.05) is 19.3 Å². The van der Waals surface area contributed by atoms with Gasteiger partial charge in [-0.05, 0) is 44.4 Å². The molecule has 3 aliphatic rings. The van der Waals surface area contributed by atoms with Crippen LogP contribution >= 0.6 is 0 Å². The number of amides is 4. The van der Waals surface area contributed by atoms with Crippen molar-refractivity contribution < 1.29 is 24.3 Å². The second-order valence-electron chi connectivity index (χ2n) is 10.3. The molecule has 4 amide bonds. The minimum absolute atomic E-state index is 0.0429. The number of nitrogens with two attached hydrogens (primary N) is 1. The van der Waals surface area contributed by atoms with E-state index in [1.54, 1.807) is 16.8 Å². The summed E-state index contributed by atoms with van der Waals surface area (Å²) in [5.41, 5.74) is 5.62. The Morgan fingerprint density at radius 3 is 2.36 bits per heavy atom. The number of likely N-dealkylation sites (tertiary alicyclic amines) is 1. The van der Waals surface area contributed by atoms with E-state index >= 15 is 0 Å². The number of urea groups is 1. The summed E-state index contributed by atoms with van der Waals surface area (Å²) in [7, 11) is 1.65. The summed E-state index contributed by atoms with van der Waals surface area (Å²) in [6.45, 7) is 1.12. The van der Waals surface area contributed by atoms with Crippen LogP contribution in [0.2, 0.25) is 0 Å². The van der Waals surface area contributed by atoms with Gasteiger partial charge in [-0.25, -0.2) is 4.79 Å². The number of guanidine groups is 1. The molecule has 0 aromatic heterocycles. The van der Waals surface area contributed by atoms with Crippen molar-refractivity contribution in [3.8, 4) is 0 Å². The van der Waals surface area contributed by atoms with E-state index < -0.39 is 30.5 Å². The summed E-state index contributed by atoms with van der Waals surface area (Å²) in [5, 5.41) is 22.5. The number of rotatable bonds is 10. The molecule has 2 saturated carbocycles. The van der Waals surface area contributed by atoms with Crippen LogP contribution in [0.5, 0.6) is 0 Å². The lowest BCUT2D eigenvalue weighted by atomic mass is 9.89. The first-order chi connectivity index (χ1) is 17.2. The van der Waals surface area contributed by atoms with Gasteiger partial charge < -0.3 is 36.2 Å². The smallest absolute Gasteiger partial charge is 0.323 e. The number of hydrogen-bond donors (Lipinski definition) is 5. The molecule has 1 saturated heterocycles. The van der Waals surface area contributed by atoms with Crippen molar-refractivity contribution in [2.45, 2.75) is 82.3 Å². The van der Waals surface area contributed by atoms with Crippen LogP contribution in [0, 0.1) is 11.3 Å². The Balaban J connectivity index is 1.66. The SMILES string of the molecule is CN(C(=O)C[C@H](NC(=O)NCC1CCCCC1)C(=O)N(CC(=O)O)C1CC1)[C@H]1CCCN(C(=N)N)C1. The highest BCUT2D eigenvalue weighted by molar-refractivity contribution is 5.93. The summed E-state index contributed by atoms with van der Waals surface area (Å²) >= 11 is 0. The number of piperidine rings is 1. The minimum atomic E-state index is -1.17. The van der Waals surface area contributed by atoms with Gasteiger partial charge >= 0.3 is 12.0 Å². The van der Waals surface area contributed by atoms with Gasteiger partial charge in [-0.2, -0.15) is 0 Å². The Bertz CT molecular complexity index is 828. The summed E-state index contributed by atoms with van der Waals surface area (Å²) < 4.78 is 0. The molecule has 12 heteroatoms. The summed E-state index contributed by atoms with van der Waals surface area (Å²) in [5.74, 6) is -1.66. The van der Waals surface area contributed by atoms with Gasteiger partial charge in [-0.15, -0.1) is 0 Å². The number of nitrogens with zero attached hydrogens (tertiary/aromatic N) is 3. The summed E-state index contributed by atoms with van der Waals surface area (Å²) in [6.07, 6.45) is 8.26. The van der Waals surface area contributed by atoms with E-state index in [1.165, 1.54) is 11.3 Å². The average molecular weight is 508 g/mol. The Kier molecular flexibility index (Phi) is 9.77. The van der Waals surface area contributed by atoms with E-state index in [0.29, 0.717) is 38.4 Å². The third-order valence-corrected chi connectivity index (χ3v) is 7.51. The van der Waals surface area contributed by atoms with Crippen molar-refractivity contribution in [3.05, 3.63) is 0 Å². The van der Waals surface area contributed by atoms with E-state index in [4.69, 9.17) is 11.1 Å². The van der Waals surface area contributed by atoms with Gasteiger partial charge in [0.1, 0.15) is 12.6 Å². The van der Waals surface area contributed by atoms with Crippen molar-refractivity contribution in [2.24, 2.45) is 11.7 Å². The molecule has 0 spiro atoms. The zero-order chi connectivity index (χ0) is 26.2. The molecule has 36 heavy (non-hydrogen) atoms. The van der Waals surface area contributed by atoms with Gasteiger partial charge in [0.05, 0.1) is 6.42 Å². The lowest BCUT2D eigenvalue weighted by molar-refractivity contribution is -0.146. The average Bonchev–Trinajstić information content (AvgIpc) is 3.70. The third-order valence-electron chi connectivity index (χ3n) is 7.51. The molecule has 6 N–H and O–H groups in total. The van der Waals surface area contributed by atoms with Crippen LogP contribution in [0.3, 0.4) is 0 Å². The molecule has 0 bridgehead atoms. The fourth-order valence-electron chi connectivity index (χ4n) is 5.17. The molecule has 1 aliphatic heterocycles. The van der Waals surface area contributed by atoms with Gasteiger partial charge in [0.15, 0.2) is 5.96 Å². The molecule has 202 valence electrons. The first-order valence-corrected chi connectivity index (χ1v) is 13.1. The fraction of sp³-hybridized carbons (Fsp3) is 0.792. The monoisotopic (exact) mass is 507 g/mol. The molecule has 2 aliphatic carbocycles. The first-order valence-electron chi connectivity index (χ1n) is 13.1. The van der Waals surface area contributed by atoms with E-state index in [9.17, 15) is 24.3 Å². The van der Waals surface area contributed by atoms with Crippen LogP contribution in [-0.2, 0) is 14.4 Å². The number of carbonyl (C=O) groups excluding carboxylic acids is 3. The Morgan fingerprint density at radius 2 is 1.75 bits per heavy atom.